The number of rotatable bonds is 4. The van der Waals surface area contributed by atoms with Gasteiger partial charge in [-0.1, -0.05) is 0 Å². The molecule has 2 aromatic rings. The number of nitrogens with two attached hydrogens (primary N) is 1. The second-order valence-electron chi connectivity index (χ2n) is 8.77. The Bertz CT molecular complexity index is 1160. The van der Waals surface area contributed by atoms with Gasteiger partial charge >= 0.3 is 6.18 Å². The number of benzene rings is 1. The van der Waals surface area contributed by atoms with Crippen molar-refractivity contribution in [3.8, 4) is 0 Å². The van der Waals surface area contributed by atoms with Crippen LogP contribution in [0, 0.1) is 11.6 Å². The number of nitrogens with zero attached hydrogens (tertiary/aromatic N) is 3. The van der Waals surface area contributed by atoms with Crippen molar-refractivity contribution in [2.45, 2.75) is 68.1 Å². The standard InChI is InChI=1S/C20H21F5N4O3S/c21-11-1-4-14(22)13(5-11)18-15(26)6-17(19(32-18)20(23,24)25)28-7-10-8-29(27-16(10)9-28)33(30,31)12-2-3-12/h1,4-5,8,12,15,17-19H,2-3,6-7,9,26H2/t15-,17+,18+,19+/m0/s1. The van der Waals surface area contributed by atoms with Crippen LogP contribution < -0.4 is 5.73 Å². The minimum Gasteiger partial charge on any atom is -0.357 e. The monoisotopic (exact) mass is 492 g/mol. The fourth-order valence-corrected chi connectivity index (χ4v) is 6.11. The van der Waals surface area contributed by atoms with Gasteiger partial charge in [0.15, 0.2) is 6.10 Å². The Morgan fingerprint density at radius 2 is 1.88 bits per heavy atom. The van der Waals surface area contributed by atoms with Gasteiger partial charge in [-0.3, -0.25) is 4.90 Å². The van der Waals surface area contributed by atoms with Gasteiger partial charge in [-0.15, -0.1) is 0 Å². The lowest BCUT2D eigenvalue weighted by molar-refractivity contribution is -0.269. The van der Waals surface area contributed by atoms with Crippen molar-refractivity contribution in [3.05, 3.63) is 52.9 Å². The molecule has 2 fully saturated rings. The lowest BCUT2D eigenvalue weighted by Crippen LogP contribution is -2.58. The van der Waals surface area contributed by atoms with Gasteiger partial charge in [0.25, 0.3) is 10.0 Å². The summed E-state index contributed by atoms with van der Waals surface area (Å²) >= 11 is 0. The third-order valence-corrected chi connectivity index (χ3v) is 8.41. The number of halogens is 5. The van der Waals surface area contributed by atoms with Gasteiger partial charge in [0.05, 0.1) is 10.9 Å². The average Bonchev–Trinajstić information content (AvgIpc) is 3.40. The van der Waals surface area contributed by atoms with E-state index < -0.39 is 57.4 Å². The molecule has 0 unspecified atom stereocenters. The smallest absolute Gasteiger partial charge is 0.357 e. The molecule has 4 atom stereocenters. The van der Waals surface area contributed by atoms with E-state index in [0.717, 1.165) is 22.3 Å². The van der Waals surface area contributed by atoms with Crippen LogP contribution in [0.15, 0.2) is 24.4 Å². The topological polar surface area (TPSA) is 90.5 Å². The van der Waals surface area contributed by atoms with Crippen LogP contribution in [0.3, 0.4) is 0 Å². The summed E-state index contributed by atoms with van der Waals surface area (Å²) in [7, 11) is -3.58. The zero-order valence-electron chi connectivity index (χ0n) is 17.2. The van der Waals surface area contributed by atoms with Crippen LogP contribution in [0.25, 0.3) is 0 Å². The van der Waals surface area contributed by atoms with Crippen molar-refractivity contribution in [3.63, 3.8) is 0 Å². The molecule has 13 heteroatoms. The van der Waals surface area contributed by atoms with Gasteiger partial charge in [-0.05, 0) is 37.5 Å². The average molecular weight is 492 g/mol. The summed E-state index contributed by atoms with van der Waals surface area (Å²) in [4.78, 5) is 1.49. The van der Waals surface area contributed by atoms with Gasteiger partial charge < -0.3 is 10.5 Å². The molecule has 2 N–H and O–H groups in total. The second kappa shape index (κ2) is 7.72. The quantitative estimate of drug-likeness (QED) is 0.660. The fourth-order valence-electron chi connectivity index (χ4n) is 4.58. The van der Waals surface area contributed by atoms with Crippen molar-refractivity contribution >= 4 is 10.0 Å². The SMILES string of the molecule is N[C@H]1C[C@@H](N2Cc3cn(S(=O)(=O)C4CC4)nc3C2)[C@H](C(F)(F)F)O[C@@H]1c1cc(F)ccc1F. The lowest BCUT2D eigenvalue weighted by Gasteiger charge is -2.44. The Labute approximate surface area is 186 Å². The van der Waals surface area contributed by atoms with Crippen LogP contribution in [-0.2, 0) is 27.8 Å². The first-order valence-corrected chi connectivity index (χ1v) is 11.9. The molecule has 1 aromatic carbocycles. The first-order chi connectivity index (χ1) is 15.4. The Morgan fingerprint density at radius 1 is 1.15 bits per heavy atom. The van der Waals surface area contributed by atoms with Gasteiger partial charge in [0, 0.05) is 42.5 Å². The number of ether oxygens (including phenoxy) is 1. The normalized spacial score (nSPS) is 28.8. The molecule has 180 valence electrons. The third-order valence-electron chi connectivity index (χ3n) is 6.39. The first kappa shape index (κ1) is 22.7. The van der Waals surface area contributed by atoms with E-state index in [-0.39, 0.29) is 25.1 Å². The lowest BCUT2D eigenvalue weighted by atomic mass is 9.89. The molecule has 3 heterocycles. The number of fused-ring (bicyclic) bond motifs is 1. The second-order valence-corrected chi connectivity index (χ2v) is 10.8. The zero-order chi connectivity index (χ0) is 23.7. The summed E-state index contributed by atoms with van der Waals surface area (Å²) in [5.41, 5.74) is 6.63. The van der Waals surface area contributed by atoms with Gasteiger partial charge in [-0.25, -0.2) is 17.2 Å². The van der Waals surface area contributed by atoms with Crippen LogP contribution in [0.1, 0.15) is 42.2 Å². The van der Waals surface area contributed by atoms with Crippen molar-refractivity contribution in [2.75, 3.05) is 0 Å². The van der Waals surface area contributed by atoms with Crippen LogP contribution in [-0.4, -0.2) is 52.1 Å². The van der Waals surface area contributed by atoms with Crippen molar-refractivity contribution in [2.24, 2.45) is 5.73 Å². The van der Waals surface area contributed by atoms with E-state index in [1.54, 1.807) is 0 Å². The van der Waals surface area contributed by atoms with Crippen molar-refractivity contribution in [1.29, 1.82) is 0 Å². The summed E-state index contributed by atoms with van der Waals surface area (Å²) in [6, 6.07) is 0.260. The Balaban J connectivity index is 1.38. The highest BCUT2D eigenvalue weighted by atomic mass is 32.2. The Hall–Kier alpha value is -2.09. The molecule has 7 nitrogen and oxygen atoms in total. The highest BCUT2D eigenvalue weighted by molar-refractivity contribution is 7.90. The molecule has 0 spiro atoms. The van der Waals surface area contributed by atoms with E-state index in [1.165, 1.54) is 11.1 Å². The Kier molecular flexibility index (Phi) is 5.31. The van der Waals surface area contributed by atoms with Crippen molar-refractivity contribution < 1.29 is 35.1 Å². The zero-order valence-corrected chi connectivity index (χ0v) is 18.0. The predicted molar refractivity (Wildman–Crippen MR) is 105 cm³/mol. The molecule has 5 rings (SSSR count). The van der Waals surface area contributed by atoms with Crippen LogP contribution in [0.2, 0.25) is 0 Å². The van der Waals surface area contributed by atoms with E-state index in [0.29, 0.717) is 24.1 Å². The maximum Gasteiger partial charge on any atom is 0.416 e. The number of aromatic nitrogens is 2. The third kappa shape index (κ3) is 4.04. The van der Waals surface area contributed by atoms with Gasteiger partial charge in [0.2, 0.25) is 0 Å². The van der Waals surface area contributed by atoms with Crippen LogP contribution >= 0.6 is 0 Å². The van der Waals surface area contributed by atoms with Crippen molar-refractivity contribution in [1.82, 2.24) is 14.1 Å². The fraction of sp³-hybridized carbons (Fsp3) is 0.550. The molecule has 0 amide bonds. The van der Waals surface area contributed by atoms with E-state index in [2.05, 4.69) is 5.10 Å². The number of alkyl halides is 3. The molecule has 0 radical (unpaired) electrons. The van der Waals surface area contributed by atoms with E-state index in [4.69, 9.17) is 10.5 Å². The molecule has 1 aliphatic carbocycles. The van der Waals surface area contributed by atoms with Crippen LogP contribution in [0.5, 0.6) is 0 Å². The van der Waals surface area contributed by atoms with E-state index in [1.807, 2.05) is 0 Å². The minimum atomic E-state index is -4.79. The highest BCUT2D eigenvalue weighted by Gasteiger charge is 2.54. The summed E-state index contributed by atoms with van der Waals surface area (Å²) in [6.07, 6.45) is -6.26. The molecule has 33 heavy (non-hydrogen) atoms. The molecular formula is C20H21F5N4O3S. The molecule has 0 bridgehead atoms. The van der Waals surface area contributed by atoms with Gasteiger partial charge in [-0.2, -0.15) is 22.4 Å². The maximum absolute atomic E-state index is 14.2. The molecular weight excluding hydrogens is 471 g/mol. The number of hydrogen-bond donors (Lipinski definition) is 1. The van der Waals surface area contributed by atoms with Gasteiger partial charge in [0.1, 0.15) is 17.7 Å². The van der Waals surface area contributed by atoms with E-state index in [9.17, 15) is 30.4 Å². The summed E-state index contributed by atoms with van der Waals surface area (Å²) in [6.45, 7) is 0.0384. The van der Waals surface area contributed by atoms with Crippen LogP contribution in [0.4, 0.5) is 22.0 Å². The predicted octanol–water partition coefficient (Wildman–Crippen LogP) is 2.61. The summed E-state index contributed by atoms with van der Waals surface area (Å²) in [5, 5.41) is 3.64. The molecule has 3 aliphatic rings. The Morgan fingerprint density at radius 3 is 2.52 bits per heavy atom. The molecule has 2 aliphatic heterocycles. The highest BCUT2D eigenvalue weighted by Crippen LogP contribution is 2.42. The molecule has 1 aromatic heterocycles. The molecule has 1 saturated carbocycles. The summed E-state index contributed by atoms with van der Waals surface area (Å²) in [5.74, 6) is -1.71. The van der Waals surface area contributed by atoms with E-state index >= 15 is 0 Å². The minimum absolute atomic E-state index is 0.00512. The maximum atomic E-state index is 14.2. The number of hydrogen-bond acceptors (Lipinski definition) is 6. The molecule has 1 saturated heterocycles. The summed E-state index contributed by atoms with van der Waals surface area (Å²) < 4.78 is 101. The largest absolute Gasteiger partial charge is 0.416 e. The first-order valence-electron chi connectivity index (χ1n) is 10.4.